The number of nitrogen functional groups attached to an aromatic ring is 1. The molecule has 3 aromatic rings. The van der Waals surface area contributed by atoms with Crippen LogP contribution in [0.4, 0.5) is 10.1 Å². The molecule has 0 aliphatic carbocycles. The topological polar surface area (TPSA) is 35.2 Å². The fourth-order valence-electron chi connectivity index (χ4n) is 2.21. The van der Waals surface area contributed by atoms with E-state index in [1.807, 2.05) is 24.3 Å². The van der Waals surface area contributed by atoms with Crippen LogP contribution < -0.4 is 10.5 Å². The molecule has 0 fully saturated rings. The Morgan fingerprint density at radius 3 is 2.52 bits per heavy atom. The average Bonchev–Trinajstić information content (AvgIpc) is 2.48. The molecule has 0 saturated carbocycles. The van der Waals surface area contributed by atoms with Gasteiger partial charge in [-0.2, -0.15) is 0 Å². The van der Waals surface area contributed by atoms with E-state index in [0.29, 0.717) is 22.0 Å². The molecule has 4 heteroatoms. The first kappa shape index (κ1) is 13.7. The molecular formula is C17H13ClFNO. The molecule has 0 bridgehead atoms. The standard InChI is InChI=1S/C17H13ClFNO/c18-12-6-5-11(15(19)9-12)10-21-17-8-7-16(20)13-3-1-2-4-14(13)17/h1-9H,10,20H2. The van der Waals surface area contributed by atoms with Crippen LogP contribution in [0.15, 0.2) is 54.6 Å². The third-order valence-corrected chi connectivity index (χ3v) is 3.55. The number of nitrogens with two attached hydrogens (primary N) is 1. The summed E-state index contributed by atoms with van der Waals surface area (Å²) in [5.41, 5.74) is 7.09. The Morgan fingerprint density at radius 2 is 1.76 bits per heavy atom. The maximum absolute atomic E-state index is 13.7. The van der Waals surface area contributed by atoms with Gasteiger partial charge in [0.05, 0.1) is 0 Å². The lowest BCUT2D eigenvalue weighted by Gasteiger charge is -2.11. The molecule has 0 amide bonds. The first-order valence-corrected chi connectivity index (χ1v) is 6.87. The van der Waals surface area contributed by atoms with Crippen LogP contribution in [-0.4, -0.2) is 0 Å². The highest BCUT2D eigenvalue weighted by Gasteiger charge is 2.07. The van der Waals surface area contributed by atoms with E-state index < -0.39 is 0 Å². The molecule has 2 nitrogen and oxygen atoms in total. The van der Waals surface area contributed by atoms with Gasteiger partial charge in [-0.05, 0) is 24.3 Å². The largest absolute Gasteiger partial charge is 0.488 e. The highest BCUT2D eigenvalue weighted by Crippen LogP contribution is 2.30. The lowest BCUT2D eigenvalue weighted by atomic mass is 10.1. The lowest BCUT2D eigenvalue weighted by molar-refractivity contribution is 0.303. The zero-order chi connectivity index (χ0) is 14.8. The van der Waals surface area contributed by atoms with Crippen LogP contribution in [0.5, 0.6) is 5.75 Å². The maximum Gasteiger partial charge on any atom is 0.131 e. The van der Waals surface area contributed by atoms with Crippen molar-refractivity contribution in [3.63, 3.8) is 0 Å². The molecule has 0 aliphatic heterocycles. The quantitative estimate of drug-likeness (QED) is 0.706. The third kappa shape index (κ3) is 2.78. The van der Waals surface area contributed by atoms with Gasteiger partial charge in [0, 0.05) is 27.0 Å². The molecule has 21 heavy (non-hydrogen) atoms. The van der Waals surface area contributed by atoms with Crippen LogP contribution >= 0.6 is 11.6 Å². The molecule has 0 aliphatic rings. The number of hydrogen-bond acceptors (Lipinski definition) is 2. The van der Waals surface area contributed by atoms with Crippen molar-refractivity contribution in [2.75, 3.05) is 5.73 Å². The van der Waals surface area contributed by atoms with Crippen molar-refractivity contribution >= 4 is 28.1 Å². The van der Waals surface area contributed by atoms with Crippen molar-refractivity contribution in [3.8, 4) is 5.75 Å². The lowest BCUT2D eigenvalue weighted by Crippen LogP contribution is -1.99. The summed E-state index contributed by atoms with van der Waals surface area (Å²) >= 11 is 5.73. The Labute approximate surface area is 126 Å². The van der Waals surface area contributed by atoms with Crippen LogP contribution in [-0.2, 0) is 6.61 Å². The molecule has 0 spiro atoms. The highest BCUT2D eigenvalue weighted by atomic mass is 35.5. The predicted octanol–water partition coefficient (Wildman–Crippen LogP) is 4.79. The van der Waals surface area contributed by atoms with Gasteiger partial charge >= 0.3 is 0 Å². The summed E-state index contributed by atoms with van der Waals surface area (Å²) < 4.78 is 19.5. The van der Waals surface area contributed by atoms with Crippen molar-refractivity contribution in [1.82, 2.24) is 0 Å². The Balaban J connectivity index is 1.90. The van der Waals surface area contributed by atoms with E-state index >= 15 is 0 Å². The Hall–Kier alpha value is -2.26. The summed E-state index contributed by atoms with van der Waals surface area (Å²) in [6.45, 7) is 0.136. The predicted molar refractivity (Wildman–Crippen MR) is 84.1 cm³/mol. The van der Waals surface area contributed by atoms with Gasteiger partial charge in [-0.3, -0.25) is 0 Å². The summed E-state index contributed by atoms with van der Waals surface area (Å²) in [5, 5.41) is 2.20. The summed E-state index contributed by atoms with van der Waals surface area (Å²) in [6, 6.07) is 15.8. The third-order valence-electron chi connectivity index (χ3n) is 3.32. The van der Waals surface area contributed by atoms with Gasteiger partial charge in [0.25, 0.3) is 0 Å². The minimum Gasteiger partial charge on any atom is -0.488 e. The smallest absolute Gasteiger partial charge is 0.131 e. The van der Waals surface area contributed by atoms with E-state index in [-0.39, 0.29) is 12.4 Å². The molecule has 0 heterocycles. The molecular weight excluding hydrogens is 289 g/mol. The molecule has 0 radical (unpaired) electrons. The fourth-order valence-corrected chi connectivity index (χ4v) is 2.37. The molecule has 0 saturated heterocycles. The van der Waals surface area contributed by atoms with Gasteiger partial charge < -0.3 is 10.5 Å². The number of hydrogen-bond donors (Lipinski definition) is 1. The van der Waals surface area contributed by atoms with E-state index in [9.17, 15) is 4.39 Å². The number of rotatable bonds is 3. The highest BCUT2D eigenvalue weighted by molar-refractivity contribution is 6.30. The second kappa shape index (κ2) is 5.62. The van der Waals surface area contributed by atoms with E-state index in [0.717, 1.165) is 10.8 Å². The minimum atomic E-state index is -0.373. The molecule has 106 valence electrons. The fraction of sp³-hybridized carbons (Fsp3) is 0.0588. The molecule has 0 aromatic heterocycles. The Bertz CT molecular complexity index is 804. The van der Waals surface area contributed by atoms with E-state index in [1.54, 1.807) is 24.3 Å². The van der Waals surface area contributed by atoms with Crippen LogP contribution in [0.25, 0.3) is 10.8 Å². The van der Waals surface area contributed by atoms with Crippen molar-refractivity contribution in [3.05, 3.63) is 71.0 Å². The average molecular weight is 302 g/mol. The van der Waals surface area contributed by atoms with E-state index in [4.69, 9.17) is 22.1 Å². The van der Waals surface area contributed by atoms with Gasteiger partial charge in [-0.15, -0.1) is 0 Å². The van der Waals surface area contributed by atoms with E-state index in [1.165, 1.54) is 6.07 Å². The van der Waals surface area contributed by atoms with Crippen LogP contribution in [0, 0.1) is 5.82 Å². The number of anilines is 1. The Morgan fingerprint density at radius 1 is 1.00 bits per heavy atom. The molecule has 0 atom stereocenters. The molecule has 2 N–H and O–H groups in total. The first-order chi connectivity index (χ1) is 10.1. The van der Waals surface area contributed by atoms with E-state index in [2.05, 4.69) is 0 Å². The normalized spacial score (nSPS) is 10.8. The molecule has 3 rings (SSSR count). The van der Waals surface area contributed by atoms with Crippen molar-refractivity contribution in [1.29, 1.82) is 0 Å². The summed E-state index contributed by atoms with van der Waals surface area (Å²) in [6.07, 6.45) is 0. The van der Waals surface area contributed by atoms with Crippen molar-refractivity contribution in [2.24, 2.45) is 0 Å². The molecule has 3 aromatic carbocycles. The number of fused-ring (bicyclic) bond motifs is 1. The van der Waals surface area contributed by atoms with Crippen LogP contribution in [0.1, 0.15) is 5.56 Å². The van der Waals surface area contributed by atoms with Crippen LogP contribution in [0.2, 0.25) is 5.02 Å². The second-order valence-electron chi connectivity index (χ2n) is 4.72. The second-order valence-corrected chi connectivity index (χ2v) is 5.16. The summed E-state index contributed by atoms with van der Waals surface area (Å²) in [4.78, 5) is 0. The zero-order valence-corrected chi connectivity index (χ0v) is 11.9. The number of benzene rings is 3. The summed E-state index contributed by atoms with van der Waals surface area (Å²) in [5.74, 6) is 0.302. The minimum absolute atomic E-state index is 0.136. The van der Waals surface area contributed by atoms with Gasteiger partial charge in [-0.25, -0.2) is 4.39 Å². The Kier molecular flexibility index (Phi) is 3.67. The maximum atomic E-state index is 13.7. The van der Waals surface area contributed by atoms with Crippen molar-refractivity contribution < 1.29 is 9.13 Å². The van der Waals surface area contributed by atoms with Crippen molar-refractivity contribution in [2.45, 2.75) is 6.61 Å². The molecule has 0 unspecified atom stereocenters. The SMILES string of the molecule is Nc1ccc(OCc2ccc(Cl)cc2F)c2ccccc12. The van der Waals surface area contributed by atoms with Gasteiger partial charge in [-0.1, -0.05) is 41.9 Å². The number of ether oxygens (including phenoxy) is 1. The number of halogens is 2. The zero-order valence-electron chi connectivity index (χ0n) is 11.1. The van der Waals surface area contributed by atoms with Gasteiger partial charge in [0.1, 0.15) is 18.2 Å². The monoisotopic (exact) mass is 301 g/mol. The summed E-state index contributed by atoms with van der Waals surface area (Å²) in [7, 11) is 0. The van der Waals surface area contributed by atoms with Gasteiger partial charge in [0.2, 0.25) is 0 Å². The first-order valence-electron chi connectivity index (χ1n) is 6.49. The van der Waals surface area contributed by atoms with Gasteiger partial charge in [0.15, 0.2) is 0 Å². The van der Waals surface area contributed by atoms with Crippen LogP contribution in [0.3, 0.4) is 0 Å².